The van der Waals surface area contributed by atoms with Crippen molar-refractivity contribution in [2.45, 2.75) is 64.6 Å². The zero-order valence-corrected chi connectivity index (χ0v) is 12.9. The summed E-state index contributed by atoms with van der Waals surface area (Å²) >= 11 is 0. The van der Waals surface area contributed by atoms with Gasteiger partial charge in [-0.15, -0.1) is 0 Å². The van der Waals surface area contributed by atoms with Crippen LogP contribution in [0, 0.1) is 5.92 Å². The van der Waals surface area contributed by atoms with Crippen molar-refractivity contribution in [2.75, 3.05) is 11.4 Å². The maximum Gasteiger partial charge on any atom is 0.0414 e. The smallest absolute Gasteiger partial charge is 0.0414 e. The number of nitrogens with zero attached hydrogens (tertiary/aromatic N) is 1. The first-order chi connectivity index (χ1) is 9.75. The predicted molar refractivity (Wildman–Crippen MR) is 86.1 cm³/mol. The summed E-state index contributed by atoms with van der Waals surface area (Å²) in [7, 11) is 0. The number of fused-ring (bicyclic) bond motifs is 1. The summed E-state index contributed by atoms with van der Waals surface area (Å²) in [5, 5.41) is 3.76. The number of hydrogen-bond donors (Lipinski definition) is 1. The molecule has 1 aliphatic heterocycles. The monoisotopic (exact) mass is 272 g/mol. The van der Waals surface area contributed by atoms with E-state index in [9.17, 15) is 0 Å². The molecule has 1 unspecified atom stereocenters. The van der Waals surface area contributed by atoms with Crippen LogP contribution in [0.25, 0.3) is 0 Å². The lowest BCUT2D eigenvalue weighted by Gasteiger charge is -2.38. The Morgan fingerprint density at radius 2 is 1.85 bits per heavy atom. The molecule has 1 atom stereocenters. The van der Waals surface area contributed by atoms with E-state index in [2.05, 4.69) is 48.3 Å². The Morgan fingerprint density at radius 3 is 2.60 bits per heavy atom. The molecule has 1 fully saturated rings. The fourth-order valence-electron chi connectivity index (χ4n) is 3.74. The van der Waals surface area contributed by atoms with Gasteiger partial charge in [0, 0.05) is 30.9 Å². The van der Waals surface area contributed by atoms with Crippen molar-refractivity contribution in [3.05, 3.63) is 29.8 Å². The molecule has 3 rings (SSSR count). The average Bonchev–Trinajstić information content (AvgIpc) is 2.68. The second kappa shape index (κ2) is 6.17. The van der Waals surface area contributed by atoms with Gasteiger partial charge in [0.25, 0.3) is 0 Å². The van der Waals surface area contributed by atoms with Gasteiger partial charge in [0.1, 0.15) is 0 Å². The summed E-state index contributed by atoms with van der Waals surface area (Å²) in [5.41, 5.74) is 2.95. The highest BCUT2D eigenvalue weighted by Crippen LogP contribution is 2.32. The quantitative estimate of drug-likeness (QED) is 0.877. The third-order valence-corrected chi connectivity index (χ3v) is 5.07. The molecule has 2 nitrogen and oxygen atoms in total. The zero-order chi connectivity index (χ0) is 13.9. The van der Waals surface area contributed by atoms with Crippen LogP contribution in [0.2, 0.25) is 0 Å². The van der Waals surface area contributed by atoms with Crippen molar-refractivity contribution in [2.24, 2.45) is 5.92 Å². The minimum absolute atomic E-state index is 0.601. The van der Waals surface area contributed by atoms with Crippen molar-refractivity contribution in [1.29, 1.82) is 0 Å². The van der Waals surface area contributed by atoms with Crippen LogP contribution in [0.3, 0.4) is 0 Å². The molecule has 0 aromatic heterocycles. The molecule has 1 saturated carbocycles. The molecule has 1 heterocycles. The highest BCUT2D eigenvalue weighted by Gasteiger charge is 2.28. The molecule has 1 aromatic rings. The molecule has 0 radical (unpaired) electrons. The van der Waals surface area contributed by atoms with E-state index < -0.39 is 0 Å². The number of benzene rings is 1. The Kier molecular flexibility index (Phi) is 4.30. The van der Waals surface area contributed by atoms with Crippen molar-refractivity contribution in [3.63, 3.8) is 0 Å². The van der Waals surface area contributed by atoms with Gasteiger partial charge in [0.15, 0.2) is 0 Å². The third kappa shape index (κ3) is 2.85. The molecule has 1 aromatic carbocycles. The van der Waals surface area contributed by atoms with E-state index in [1.54, 1.807) is 0 Å². The molecule has 0 spiro atoms. The second-order valence-corrected chi connectivity index (χ2v) is 6.80. The average molecular weight is 272 g/mol. The van der Waals surface area contributed by atoms with Gasteiger partial charge in [-0.1, -0.05) is 51.3 Å². The van der Waals surface area contributed by atoms with Gasteiger partial charge >= 0.3 is 0 Å². The lowest BCUT2D eigenvalue weighted by atomic mass is 9.92. The summed E-state index contributed by atoms with van der Waals surface area (Å²) in [5.74, 6) is 0.690. The third-order valence-electron chi connectivity index (χ3n) is 5.07. The molecule has 20 heavy (non-hydrogen) atoms. The van der Waals surface area contributed by atoms with Gasteiger partial charge in [0.05, 0.1) is 0 Å². The number of anilines is 1. The summed E-state index contributed by atoms with van der Waals surface area (Å²) < 4.78 is 0. The minimum Gasteiger partial charge on any atom is -0.367 e. The normalized spacial score (nSPS) is 24.6. The van der Waals surface area contributed by atoms with E-state index in [4.69, 9.17) is 0 Å². The summed E-state index contributed by atoms with van der Waals surface area (Å²) in [6.07, 6.45) is 6.99. The van der Waals surface area contributed by atoms with E-state index >= 15 is 0 Å². The predicted octanol–water partition coefficient (Wildman–Crippen LogP) is 3.95. The topological polar surface area (TPSA) is 15.3 Å². The highest BCUT2D eigenvalue weighted by atomic mass is 15.2. The van der Waals surface area contributed by atoms with Gasteiger partial charge in [-0.2, -0.15) is 0 Å². The Bertz CT molecular complexity index is 435. The van der Waals surface area contributed by atoms with Gasteiger partial charge in [-0.25, -0.2) is 0 Å². The molecule has 1 N–H and O–H groups in total. The fourth-order valence-corrected chi connectivity index (χ4v) is 3.74. The van der Waals surface area contributed by atoms with Gasteiger partial charge < -0.3 is 10.2 Å². The SMILES string of the molecule is CC(C)C1CN(C2CCCCC2)c2ccccc2CN1. The van der Waals surface area contributed by atoms with Gasteiger partial charge in [-0.05, 0) is 30.4 Å². The van der Waals surface area contributed by atoms with Crippen LogP contribution in [-0.2, 0) is 6.54 Å². The molecule has 0 amide bonds. The molecular weight excluding hydrogens is 244 g/mol. The van der Waals surface area contributed by atoms with E-state index in [-0.39, 0.29) is 0 Å². The van der Waals surface area contributed by atoms with Gasteiger partial charge in [-0.3, -0.25) is 0 Å². The van der Waals surface area contributed by atoms with Crippen LogP contribution >= 0.6 is 0 Å². The van der Waals surface area contributed by atoms with Crippen LogP contribution < -0.4 is 10.2 Å². The summed E-state index contributed by atoms with van der Waals surface area (Å²) in [6, 6.07) is 10.4. The fraction of sp³-hybridized carbons (Fsp3) is 0.667. The van der Waals surface area contributed by atoms with Crippen LogP contribution in [0.4, 0.5) is 5.69 Å². The first kappa shape index (κ1) is 13.9. The Balaban J connectivity index is 1.89. The summed E-state index contributed by atoms with van der Waals surface area (Å²) in [4.78, 5) is 2.72. The van der Waals surface area contributed by atoms with E-state index in [1.807, 2.05) is 0 Å². The first-order valence-corrected chi connectivity index (χ1v) is 8.33. The number of para-hydroxylation sites is 1. The lowest BCUT2D eigenvalue weighted by molar-refractivity contribution is 0.363. The van der Waals surface area contributed by atoms with Crippen molar-refractivity contribution < 1.29 is 0 Å². The minimum atomic E-state index is 0.601. The molecule has 2 aliphatic rings. The number of rotatable bonds is 2. The molecular formula is C18H28N2. The molecule has 0 bridgehead atoms. The maximum absolute atomic E-state index is 3.76. The van der Waals surface area contributed by atoms with Crippen molar-refractivity contribution in [3.8, 4) is 0 Å². The Labute approximate surface area is 123 Å². The van der Waals surface area contributed by atoms with E-state index in [0.717, 1.165) is 12.6 Å². The second-order valence-electron chi connectivity index (χ2n) is 6.80. The van der Waals surface area contributed by atoms with E-state index in [1.165, 1.54) is 49.9 Å². The molecule has 2 heteroatoms. The first-order valence-electron chi connectivity index (χ1n) is 8.33. The Hall–Kier alpha value is -1.02. The number of nitrogens with one attached hydrogen (secondary N) is 1. The highest BCUT2D eigenvalue weighted by molar-refractivity contribution is 5.55. The van der Waals surface area contributed by atoms with Crippen molar-refractivity contribution in [1.82, 2.24) is 5.32 Å². The van der Waals surface area contributed by atoms with Gasteiger partial charge in [0.2, 0.25) is 0 Å². The van der Waals surface area contributed by atoms with Crippen LogP contribution in [-0.4, -0.2) is 18.6 Å². The zero-order valence-electron chi connectivity index (χ0n) is 12.9. The molecule has 0 saturated heterocycles. The van der Waals surface area contributed by atoms with Crippen LogP contribution in [0.5, 0.6) is 0 Å². The van der Waals surface area contributed by atoms with Crippen molar-refractivity contribution >= 4 is 5.69 Å². The number of hydrogen-bond acceptors (Lipinski definition) is 2. The molecule has 110 valence electrons. The lowest BCUT2D eigenvalue weighted by Crippen LogP contribution is -2.46. The standard InChI is InChI=1S/C18H28N2/c1-14(2)17-13-20(16-9-4-3-5-10-16)18-11-7-6-8-15(18)12-19-17/h6-8,11,14,16-17,19H,3-5,9-10,12-13H2,1-2H3. The van der Waals surface area contributed by atoms with E-state index in [0.29, 0.717) is 12.0 Å². The van der Waals surface area contributed by atoms with Crippen LogP contribution in [0.15, 0.2) is 24.3 Å². The maximum atomic E-state index is 3.76. The molecule has 1 aliphatic carbocycles. The van der Waals surface area contributed by atoms with Crippen LogP contribution in [0.1, 0.15) is 51.5 Å². The Morgan fingerprint density at radius 1 is 1.10 bits per heavy atom. The summed E-state index contributed by atoms with van der Waals surface area (Å²) in [6.45, 7) is 6.86. The largest absolute Gasteiger partial charge is 0.367 e.